The van der Waals surface area contributed by atoms with Gasteiger partial charge in [-0.15, -0.1) is 11.3 Å². The van der Waals surface area contributed by atoms with Gasteiger partial charge in [-0.3, -0.25) is 14.5 Å². The van der Waals surface area contributed by atoms with Gasteiger partial charge in [0.25, 0.3) is 5.91 Å². The second kappa shape index (κ2) is 5.97. The highest BCUT2D eigenvalue weighted by molar-refractivity contribution is 7.12. The van der Waals surface area contributed by atoms with Crippen LogP contribution in [0.5, 0.6) is 0 Å². The van der Waals surface area contributed by atoms with Crippen LogP contribution < -0.4 is 5.32 Å². The first kappa shape index (κ1) is 13.0. The van der Waals surface area contributed by atoms with Crippen molar-refractivity contribution in [3.8, 4) is 0 Å². The number of hydrogen-bond acceptors (Lipinski definition) is 4. The van der Waals surface area contributed by atoms with Crippen molar-refractivity contribution in [3.63, 3.8) is 0 Å². The standard InChI is InChI=1S/C12H16N2O3S/c15-11(10-4-2-6-18-10)13-8-14-5-1-3-9(7-14)12(16)17/h2,4,6,9H,1,3,5,7-8H2,(H,13,15)(H,16,17). The van der Waals surface area contributed by atoms with Crippen LogP contribution in [-0.4, -0.2) is 41.6 Å². The zero-order valence-electron chi connectivity index (χ0n) is 9.96. The van der Waals surface area contributed by atoms with Crippen LogP contribution in [0.1, 0.15) is 22.5 Å². The van der Waals surface area contributed by atoms with Crippen LogP contribution in [0, 0.1) is 5.92 Å². The lowest BCUT2D eigenvalue weighted by Crippen LogP contribution is -2.44. The van der Waals surface area contributed by atoms with E-state index in [2.05, 4.69) is 5.32 Å². The fourth-order valence-electron chi connectivity index (χ4n) is 2.08. The van der Waals surface area contributed by atoms with Crippen LogP contribution in [0.4, 0.5) is 0 Å². The van der Waals surface area contributed by atoms with Crippen LogP contribution in [0.25, 0.3) is 0 Å². The third-order valence-corrected chi connectivity index (χ3v) is 3.93. The average molecular weight is 268 g/mol. The Morgan fingerprint density at radius 3 is 3.06 bits per heavy atom. The maximum atomic E-state index is 11.7. The van der Waals surface area contributed by atoms with Gasteiger partial charge in [-0.1, -0.05) is 6.07 Å². The third-order valence-electron chi connectivity index (χ3n) is 3.06. The third kappa shape index (κ3) is 3.30. The molecule has 2 heterocycles. The lowest BCUT2D eigenvalue weighted by molar-refractivity contribution is -0.143. The van der Waals surface area contributed by atoms with E-state index in [-0.39, 0.29) is 11.8 Å². The summed E-state index contributed by atoms with van der Waals surface area (Å²) in [6.07, 6.45) is 1.59. The molecule has 1 aromatic rings. The molecular weight excluding hydrogens is 252 g/mol. The molecule has 1 atom stereocenters. The van der Waals surface area contributed by atoms with Crippen LogP contribution in [-0.2, 0) is 4.79 Å². The molecule has 0 bridgehead atoms. The first-order chi connectivity index (χ1) is 8.66. The molecule has 1 aliphatic heterocycles. The molecule has 0 saturated carbocycles. The number of rotatable bonds is 4. The summed E-state index contributed by atoms with van der Waals surface area (Å²) in [7, 11) is 0. The number of amides is 1. The van der Waals surface area contributed by atoms with Crippen molar-refractivity contribution in [1.82, 2.24) is 10.2 Å². The van der Waals surface area contributed by atoms with E-state index in [1.807, 2.05) is 16.3 Å². The zero-order chi connectivity index (χ0) is 13.0. The molecule has 2 rings (SSSR count). The lowest BCUT2D eigenvalue weighted by atomic mass is 9.99. The Labute approximate surface area is 109 Å². The molecule has 0 aromatic carbocycles. The molecule has 0 spiro atoms. The molecule has 1 aliphatic rings. The molecule has 0 radical (unpaired) electrons. The van der Waals surface area contributed by atoms with Gasteiger partial charge in [0.1, 0.15) is 0 Å². The number of nitrogens with zero attached hydrogens (tertiary/aromatic N) is 1. The van der Waals surface area contributed by atoms with Gasteiger partial charge in [0.05, 0.1) is 17.5 Å². The molecule has 2 N–H and O–H groups in total. The molecule has 1 unspecified atom stereocenters. The lowest BCUT2D eigenvalue weighted by Gasteiger charge is -2.30. The number of likely N-dealkylation sites (tertiary alicyclic amines) is 1. The van der Waals surface area contributed by atoms with Gasteiger partial charge < -0.3 is 10.4 Å². The number of carbonyl (C=O) groups is 2. The van der Waals surface area contributed by atoms with Gasteiger partial charge >= 0.3 is 5.97 Å². The number of aliphatic carboxylic acids is 1. The molecule has 1 amide bonds. The molecule has 98 valence electrons. The van der Waals surface area contributed by atoms with Crippen LogP contribution in [0.15, 0.2) is 17.5 Å². The van der Waals surface area contributed by atoms with E-state index in [9.17, 15) is 9.59 Å². The number of nitrogens with one attached hydrogen (secondary N) is 1. The molecular formula is C12H16N2O3S. The smallest absolute Gasteiger partial charge is 0.307 e. The quantitative estimate of drug-likeness (QED) is 0.862. The molecule has 6 heteroatoms. The first-order valence-electron chi connectivity index (χ1n) is 5.93. The SMILES string of the molecule is O=C(NCN1CCCC(C(=O)O)C1)c1cccs1. The van der Waals surface area contributed by atoms with Crippen LogP contribution in [0.3, 0.4) is 0 Å². The predicted octanol–water partition coefficient (Wildman–Crippen LogP) is 1.23. The Morgan fingerprint density at radius 1 is 1.56 bits per heavy atom. The average Bonchev–Trinajstić information content (AvgIpc) is 2.90. The molecule has 18 heavy (non-hydrogen) atoms. The minimum Gasteiger partial charge on any atom is -0.481 e. The molecule has 1 fully saturated rings. The summed E-state index contributed by atoms with van der Waals surface area (Å²) in [6, 6.07) is 3.61. The van der Waals surface area contributed by atoms with Crippen molar-refractivity contribution < 1.29 is 14.7 Å². The first-order valence-corrected chi connectivity index (χ1v) is 6.81. The van der Waals surface area contributed by atoms with Gasteiger partial charge in [0.2, 0.25) is 0 Å². The van der Waals surface area contributed by atoms with Gasteiger partial charge in [0, 0.05) is 6.54 Å². The number of hydrogen-bond donors (Lipinski definition) is 2. The zero-order valence-corrected chi connectivity index (χ0v) is 10.8. The maximum Gasteiger partial charge on any atom is 0.307 e. The van der Waals surface area contributed by atoms with Crippen LogP contribution >= 0.6 is 11.3 Å². The maximum absolute atomic E-state index is 11.7. The minimum absolute atomic E-state index is 0.0950. The van der Waals surface area contributed by atoms with E-state index >= 15 is 0 Å². The van der Waals surface area contributed by atoms with Crippen molar-refractivity contribution in [2.75, 3.05) is 19.8 Å². The van der Waals surface area contributed by atoms with Crippen molar-refractivity contribution in [2.24, 2.45) is 5.92 Å². The van der Waals surface area contributed by atoms with Crippen molar-refractivity contribution in [3.05, 3.63) is 22.4 Å². The highest BCUT2D eigenvalue weighted by atomic mass is 32.1. The highest BCUT2D eigenvalue weighted by Gasteiger charge is 2.25. The van der Waals surface area contributed by atoms with E-state index < -0.39 is 5.97 Å². The summed E-state index contributed by atoms with van der Waals surface area (Å²) in [5.74, 6) is -1.15. The van der Waals surface area contributed by atoms with Crippen molar-refractivity contribution in [1.29, 1.82) is 0 Å². The summed E-state index contributed by atoms with van der Waals surface area (Å²) in [5, 5.41) is 13.6. The Morgan fingerprint density at radius 2 is 2.39 bits per heavy atom. The summed E-state index contributed by atoms with van der Waals surface area (Å²) in [6.45, 7) is 1.77. The number of piperidine rings is 1. The Bertz CT molecular complexity index is 419. The Balaban J connectivity index is 1.80. The van der Waals surface area contributed by atoms with E-state index in [0.29, 0.717) is 18.1 Å². The summed E-state index contributed by atoms with van der Waals surface area (Å²) in [4.78, 5) is 25.3. The van der Waals surface area contributed by atoms with Gasteiger partial charge in [0.15, 0.2) is 0 Å². The van der Waals surface area contributed by atoms with E-state index in [1.54, 1.807) is 6.07 Å². The number of carbonyl (C=O) groups excluding carboxylic acids is 1. The topological polar surface area (TPSA) is 69.6 Å². The molecule has 5 nitrogen and oxygen atoms in total. The fraction of sp³-hybridized carbons (Fsp3) is 0.500. The second-order valence-electron chi connectivity index (χ2n) is 4.40. The normalized spacial score (nSPS) is 20.6. The highest BCUT2D eigenvalue weighted by Crippen LogP contribution is 2.16. The monoisotopic (exact) mass is 268 g/mol. The van der Waals surface area contributed by atoms with E-state index in [0.717, 1.165) is 19.4 Å². The summed E-state index contributed by atoms with van der Waals surface area (Å²) >= 11 is 1.40. The Hall–Kier alpha value is -1.40. The van der Waals surface area contributed by atoms with E-state index in [4.69, 9.17) is 5.11 Å². The van der Waals surface area contributed by atoms with Gasteiger partial charge in [-0.2, -0.15) is 0 Å². The van der Waals surface area contributed by atoms with Gasteiger partial charge in [-0.25, -0.2) is 0 Å². The van der Waals surface area contributed by atoms with Gasteiger partial charge in [-0.05, 0) is 30.8 Å². The predicted molar refractivity (Wildman–Crippen MR) is 68.6 cm³/mol. The number of thiophene rings is 1. The molecule has 0 aliphatic carbocycles. The Kier molecular flexibility index (Phi) is 4.33. The summed E-state index contributed by atoms with van der Waals surface area (Å²) in [5.41, 5.74) is 0. The fourth-order valence-corrected chi connectivity index (χ4v) is 2.72. The number of carboxylic acids is 1. The van der Waals surface area contributed by atoms with Crippen molar-refractivity contribution >= 4 is 23.2 Å². The molecule has 1 saturated heterocycles. The van der Waals surface area contributed by atoms with Crippen LogP contribution in [0.2, 0.25) is 0 Å². The minimum atomic E-state index is -0.746. The van der Waals surface area contributed by atoms with Crippen molar-refractivity contribution in [2.45, 2.75) is 12.8 Å². The summed E-state index contributed by atoms with van der Waals surface area (Å²) < 4.78 is 0. The van der Waals surface area contributed by atoms with E-state index in [1.165, 1.54) is 11.3 Å². The second-order valence-corrected chi connectivity index (χ2v) is 5.34. The largest absolute Gasteiger partial charge is 0.481 e. The number of carboxylic acid groups (broad SMARTS) is 1. The molecule has 1 aromatic heterocycles.